The summed E-state index contributed by atoms with van der Waals surface area (Å²) in [6.45, 7) is 0.478. The molecule has 2 aromatic rings. The summed E-state index contributed by atoms with van der Waals surface area (Å²) < 4.78 is 19.6. The van der Waals surface area contributed by atoms with Gasteiger partial charge in [0.25, 0.3) is 0 Å². The predicted molar refractivity (Wildman–Crippen MR) is 68.5 cm³/mol. The summed E-state index contributed by atoms with van der Waals surface area (Å²) in [4.78, 5) is 0. The summed E-state index contributed by atoms with van der Waals surface area (Å²) in [6.07, 6.45) is 0. The van der Waals surface area contributed by atoms with Crippen molar-refractivity contribution in [3.63, 3.8) is 0 Å². The Morgan fingerprint density at radius 3 is 2.47 bits per heavy atom. The normalized spacial score (nSPS) is 10.3. The van der Waals surface area contributed by atoms with Gasteiger partial charge in [0, 0.05) is 11.0 Å². The summed E-state index contributed by atoms with van der Waals surface area (Å²) in [7, 11) is 0. The highest BCUT2D eigenvalue weighted by Gasteiger charge is 2.05. The van der Waals surface area contributed by atoms with Crippen LogP contribution in [-0.4, -0.2) is 0 Å². The van der Waals surface area contributed by atoms with Crippen molar-refractivity contribution < 1.29 is 9.13 Å². The van der Waals surface area contributed by atoms with Crippen LogP contribution in [0.2, 0.25) is 0 Å². The lowest BCUT2D eigenvalue weighted by Gasteiger charge is -2.07. The SMILES string of the molecule is NCc1ccc(Oc2cc(Br)ccc2F)cc1. The van der Waals surface area contributed by atoms with E-state index in [1.807, 2.05) is 12.1 Å². The van der Waals surface area contributed by atoms with Crippen LogP contribution in [0, 0.1) is 5.82 Å². The Bertz CT molecular complexity index is 513. The van der Waals surface area contributed by atoms with Crippen molar-refractivity contribution in [2.45, 2.75) is 6.54 Å². The predicted octanol–water partition coefficient (Wildman–Crippen LogP) is 3.84. The summed E-state index contributed by atoms with van der Waals surface area (Å²) >= 11 is 3.27. The van der Waals surface area contributed by atoms with E-state index < -0.39 is 5.82 Å². The average Bonchev–Trinajstić information content (AvgIpc) is 2.35. The number of ether oxygens (including phenoxy) is 1. The molecule has 0 saturated carbocycles. The van der Waals surface area contributed by atoms with Gasteiger partial charge in [-0.3, -0.25) is 0 Å². The molecular weight excluding hydrogens is 285 g/mol. The minimum absolute atomic E-state index is 0.194. The molecule has 0 bridgehead atoms. The first-order chi connectivity index (χ1) is 8.19. The Kier molecular flexibility index (Phi) is 3.76. The largest absolute Gasteiger partial charge is 0.454 e. The standard InChI is InChI=1S/C13H11BrFNO/c14-10-3-6-12(15)13(7-10)17-11-4-1-9(8-16)2-5-11/h1-7H,8,16H2. The fourth-order valence-electron chi connectivity index (χ4n) is 1.38. The van der Waals surface area contributed by atoms with E-state index >= 15 is 0 Å². The molecule has 0 spiro atoms. The van der Waals surface area contributed by atoms with Crippen molar-refractivity contribution >= 4 is 15.9 Å². The van der Waals surface area contributed by atoms with Gasteiger partial charge in [-0.05, 0) is 35.9 Å². The maximum atomic E-state index is 13.4. The lowest BCUT2D eigenvalue weighted by Crippen LogP contribution is -1.95. The highest BCUT2D eigenvalue weighted by Crippen LogP contribution is 2.27. The third-order valence-electron chi connectivity index (χ3n) is 2.28. The van der Waals surface area contributed by atoms with Gasteiger partial charge in [0.05, 0.1) is 0 Å². The van der Waals surface area contributed by atoms with Gasteiger partial charge >= 0.3 is 0 Å². The van der Waals surface area contributed by atoms with Crippen LogP contribution in [0.15, 0.2) is 46.9 Å². The van der Waals surface area contributed by atoms with Crippen LogP contribution in [0.25, 0.3) is 0 Å². The van der Waals surface area contributed by atoms with Gasteiger partial charge in [-0.25, -0.2) is 4.39 Å². The molecule has 0 heterocycles. The molecule has 0 amide bonds. The minimum atomic E-state index is -0.392. The topological polar surface area (TPSA) is 35.2 Å². The van der Waals surface area contributed by atoms with Crippen molar-refractivity contribution in [2.24, 2.45) is 5.73 Å². The van der Waals surface area contributed by atoms with Gasteiger partial charge in [0.1, 0.15) is 5.75 Å². The Hall–Kier alpha value is -1.39. The third kappa shape index (κ3) is 3.05. The molecule has 0 atom stereocenters. The molecule has 0 saturated heterocycles. The van der Waals surface area contributed by atoms with Gasteiger partial charge < -0.3 is 10.5 Å². The Balaban J connectivity index is 2.22. The van der Waals surface area contributed by atoms with E-state index in [0.717, 1.165) is 10.0 Å². The van der Waals surface area contributed by atoms with Gasteiger partial charge in [-0.1, -0.05) is 28.1 Å². The zero-order chi connectivity index (χ0) is 12.3. The molecule has 0 aliphatic carbocycles. The number of nitrogens with two attached hydrogens (primary N) is 1. The summed E-state index contributed by atoms with van der Waals surface area (Å²) in [5.74, 6) is 0.384. The lowest BCUT2D eigenvalue weighted by molar-refractivity contribution is 0.442. The van der Waals surface area contributed by atoms with E-state index in [0.29, 0.717) is 12.3 Å². The van der Waals surface area contributed by atoms with E-state index in [1.54, 1.807) is 24.3 Å². The van der Waals surface area contributed by atoms with Gasteiger partial charge in [0.15, 0.2) is 11.6 Å². The smallest absolute Gasteiger partial charge is 0.165 e. The maximum Gasteiger partial charge on any atom is 0.165 e. The Morgan fingerprint density at radius 2 is 1.82 bits per heavy atom. The molecule has 0 aromatic heterocycles. The van der Waals surface area contributed by atoms with E-state index in [1.165, 1.54) is 6.07 Å². The maximum absolute atomic E-state index is 13.4. The highest BCUT2D eigenvalue weighted by molar-refractivity contribution is 9.10. The number of halogens is 2. The molecule has 4 heteroatoms. The van der Waals surface area contributed by atoms with Crippen LogP contribution in [0.4, 0.5) is 4.39 Å². The minimum Gasteiger partial charge on any atom is -0.454 e. The summed E-state index contributed by atoms with van der Waals surface area (Å²) in [5.41, 5.74) is 6.50. The number of hydrogen-bond donors (Lipinski definition) is 1. The van der Waals surface area contributed by atoms with Crippen LogP contribution < -0.4 is 10.5 Å². The first kappa shape index (κ1) is 12.1. The molecule has 0 fully saturated rings. The average molecular weight is 296 g/mol. The second kappa shape index (κ2) is 5.29. The molecule has 0 radical (unpaired) electrons. The molecule has 0 aliphatic heterocycles. The van der Waals surface area contributed by atoms with Crippen LogP contribution in [0.3, 0.4) is 0 Å². The molecule has 2 N–H and O–H groups in total. The van der Waals surface area contributed by atoms with E-state index in [2.05, 4.69) is 15.9 Å². The van der Waals surface area contributed by atoms with Crippen molar-refractivity contribution in [3.05, 3.63) is 58.3 Å². The Labute approximate surface area is 107 Å². The van der Waals surface area contributed by atoms with Crippen LogP contribution in [0.1, 0.15) is 5.56 Å². The van der Waals surface area contributed by atoms with E-state index in [4.69, 9.17) is 10.5 Å². The van der Waals surface area contributed by atoms with Crippen LogP contribution >= 0.6 is 15.9 Å². The fraction of sp³-hybridized carbons (Fsp3) is 0.0769. The molecule has 17 heavy (non-hydrogen) atoms. The zero-order valence-electron chi connectivity index (χ0n) is 8.99. The summed E-state index contributed by atoms with van der Waals surface area (Å²) in [6, 6.07) is 11.8. The van der Waals surface area contributed by atoms with Gasteiger partial charge in [-0.2, -0.15) is 0 Å². The van der Waals surface area contributed by atoms with E-state index in [9.17, 15) is 4.39 Å². The fourth-order valence-corrected chi connectivity index (χ4v) is 1.72. The molecule has 2 nitrogen and oxygen atoms in total. The van der Waals surface area contributed by atoms with Gasteiger partial charge in [-0.15, -0.1) is 0 Å². The molecule has 0 aliphatic rings. The lowest BCUT2D eigenvalue weighted by atomic mass is 10.2. The molecular formula is C13H11BrFNO. The van der Waals surface area contributed by atoms with Crippen molar-refractivity contribution in [3.8, 4) is 11.5 Å². The third-order valence-corrected chi connectivity index (χ3v) is 2.77. The highest BCUT2D eigenvalue weighted by atomic mass is 79.9. The molecule has 2 aromatic carbocycles. The molecule has 88 valence electrons. The number of benzene rings is 2. The molecule has 0 unspecified atom stereocenters. The zero-order valence-corrected chi connectivity index (χ0v) is 10.6. The van der Waals surface area contributed by atoms with Crippen LogP contribution in [0.5, 0.6) is 11.5 Å². The first-order valence-corrected chi connectivity index (χ1v) is 5.90. The van der Waals surface area contributed by atoms with Crippen LogP contribution in [-0.2, 0) is 6.54 Å². The van der Waals surface area contributed by atoms with Crippen molar-refractivity contribution in [1.82, 2.24) is 0 Å². The van der Waals surface area contributed by atoms with E-state index in [-0.39, 0.29) is 5.75 Å². The Morgan fingerprint density at radius 1 is 1.12 bits per heavy atom. The number of hydrogen-bond acceptors (Lipinski definition) is 2. The van der Waals surface area contributed by atoms with Gasteiger partial charge in [0.2, 0.25) is 0 Å². The number of rotatable bonds is 3. The van der Waals surface area contributed by atoms with Crippen molar-refractivity contribution in [1.29, 1.82) is 0 Å². The summed E-state index contributed by atoms with van der Waals surface area (Å²) in [5, 5.41) is 0. The molecule has 2 rings (SSSR count). The quantitative estimate of drug-likeness (QED) is 0.934. The van der Waals surface area contributed by atoms with Crippen molar-refractivity contribution in [2.75, 3.05) is 0 Å². The first-order valence-electron chi connectivity index (χ1n) is 5.11. The second-order valence-corrected chi connectivity index (χ2v) is 4.44. The monoisotopic (exact) mass is 295 g/mol. The second-order valence-electron chi connectivity index (χ2n) is 3.52.